The first-order valence-electron chi connectivity index (χ1n) is 10.5. The van der Waals surface area contributed by atoms with Gasteiger partial charge in [0.1, 0.15) is 12.1 Å². The van der Waals surface area contributed by atoms with Crippen LogP contribution in [0, 0.1) is 13.8 Å². The second-order valence-electron chi connectivity index (χ2n) is 8.27. The zero-order valence-electron chi connectivity index (χ0n) is 18.6. The number of anilines is 1. The van der Waals surface area contributed by atoms with Gasteiger partial charge in [-0.3, -0.25) is 19.8 Å². The fourth-order valence-electron chi connectivity index (χ4n) is 3.98. The molecular weight excluding hydrogens is 420 g/mol. The van der Waals surface area contributed by atoms with Gasteiger partial charge < -0.3 is 10.6 Å². The SMILES string of the molecule is Cc1ccc(NC(=O)NC(=O)CN2C(=O)N[C@](C)(c3cccc4ccccc34)C2=O)cc1C. The van der Waals surface area contributed by atoms with Crippen LogP contribution in [0.15, 0.2) is 60.7 Å². The van der Waals surface area contributed by atoms with Crippen LogP contribution in [0.25, 0.3) is 10.8 Å². The summed E-state index contributed by atoms with van der Waals surface area (Å²) < 4.78 is 0. The Balaban J connectivity index is 1.47. The third-order valence-electron chi connectivity index (χ3n) is 5.92. The first kappa shape index (κ1) is 22.0. The molecule has 33 heavy (non-hydrogen) atoms. The van der Waals surface area contributed by atoms with Gasteiger partial charge in [0, 0.05) is 5.69 Å². The van der Waals surface area contributed by atoms with Crippen molar-refractivity contribution < 1.29 is 19.2 Å². The molecule has 8 heteroatoms. The number of nitrogens with zero attached hydrogens (tertiary/aromatic N) is 1. The smallest absolute Gasteiger partial charge is 0.319 e. The van der Waals surface area contributed by atoms with Gasteiger partial charge in [-0.05, 0) is 60.4 Å². The molecule has 3 N–H and O–H groups in total. The molecule has 1 atom stereocenters. The highest BCUT2D eigenvalue weighted by Crippen LogP contribution is 2.33. The molecule has 1 saturated heterocycles. The van der Waals surface area contributed by atoms with Crippen LogP contribution in [0.4, 0.5) is 15.3 Å². The van der Waals surface area contributed by atoms with Crippen molar-refractivity contribution in [2.24, 2.45) is 0 Å². The lowest BCUT2D eigenvalue weighted by Gasteiger charge is -2.24. The van der Waals surface area contributed by atoms with Gasteiger partial charge in [0.05, 0.1) is 0 Å². The van der Waals surface area contributed by atoms with Gasteiger partial charge in [0.25, 0.3) is 5.91 Å². The summed E-state index contributed by atoms with van der Waals surface area (Å²) in [5.74, 6) is -1.34. The summed E-state index contributed by atoms with van der Waals surface area (Å²) in [5, 5.41) is 9.20. The zero-order valence-corrected chi connectivity index (χ0v) is 18.6. The maximum absolute atomic E-state index is 13.2. The van der Waals surface area contributed by atoms with E-state index in [1.165, 1.54) is 0 Å². The number of amides is 6. The predicted octanol–water partition coefficient (Wildman–Crippen LogP) is 3.57. The molecule has 8 nitrogen and oxygen atoms in total. The van der Waals surface area contributed by atoms with E-state index in [1.54, 1.807) is 25.1 Å². The Morgan fingerprint density at radius 3 is 2.45 bits per heavy atom. The molecule has 4 rings (SSSR count). The molecule has 1 fully saturated rings. The molecule has 1 heterocycles. The molecule has 0 unspecified atom stereocenters. The van der Waals surface area contributed by atoms with Crippen LogP contribution >= 0.6 is 0 Å². The van der Waals surface area contributed by atoms with E-state index in [1.807, 2.05) is 56.3 Å². The van der Waals surface area contributed by atoms with Crippen molar-refractivity contribution in [1.29, 1.82) is 0 Å². The predicted molar refractivity (Wildman–Crippen MR) is 125 cm³/mol. The Morgan fingerprint density at radius 1 is 0.970 bits per heavy atom. The molecule has 6 amide bonds. The van der Waals surface area contributed by atoms with Crippen molar-refractivity contribution in [2.75, 3.05) is 11.9 Å². The highest BCUT2D eigenvalue weighted by molar-refractivity contribution is 6.12. The number of fused-ring (bicyclic) bond motifs is 1. The van der Waals surface area contributed by atoms with Crippen LogP contribution in [0.5, 0.6) is 0 Å². The first-order valence-corrected chi connectivity index (χ1v) is 10.5. The molecule has 1 aliphatic rings. The summed E-state index contributed by atoms with van der Waals surface area (Å²) in [6.07, 6.45) is 0. The number of nitrogens with one attached hydrogen (secondary N) is 3. The van der Waals surface area contributed by atoms with E-state index in [2.05, 4.69) is 16.0 Å². The molecule has 0 spiro atoms. The first-order chi connectivity index (χ1) is 15.7. The van der Waals surface area contributed by atoms with Crippen molar-refractivity contribution in [3.63, 3.8) is 0 Å². The maximum atomic E-state index is 13.2. The van der Waals surface area contributed by atoms with Crippen LogP contribution in [-0.2, 0) is 15.1 Å². The van der Waals surface area contributed by atoms with Crippen LogP contribution < -0.4 is 16.0 Å². The molecule has 0 radical (unpaired) electrons. The van der Waals surface area contributed by atoms with Gasteiger partial charge in [-0.2, -0.15) is 0 Å². The molecule has 0 bridgehead atoms. The van der Waals surface area contributed by atoms with Crippen LogP contribution in [0.3, 0.4) is 0 Å². The summed E-state index contributed by atoms with van der Waals surface area (Å²) in [7, 11) is 0. The number of hydrogen-bond acceptors (Lipinski definition) is 4. The Bertz CT molecular complexity index is 1300. The standard InChI is InChI=1S/C25H24N4O4/c1-15-11-12-18(13-16(15)2)26-23(32)27-21(30)14-29-22(31)25(3,28-24(29)33)20-10-6-8-17-7-4-5-9-19(17)20/h4-13H,14H2,1-3H3,(H,28,33)(H2,26,27,30,32)/t25-/m1/s1. The lowest BCUT2D eigenvalue weighted by Crippen LogP contribution is -2.45. The normalized spacial score (nSPS) is 17.7. The van der Waals surface area contributed by atoms with E-state index < -0.39 is 36.0 Å². The largest absolute Gasteiger partial charge is 0.325 e. The quantitative estimate of drug-likeness (QED) is 0.535. The summed E-state index contributed by atoms with van der Waals surface area (Å²) >= 11 is 0. The van der Waals surface area contributed by atoms with Gasteiger partial charge in [0.2, 0.25) is 5.91 Å². The number of aryl methyl sites for hydroxylation is 2. The number of carbonyl (C=O) groups excluding carboxylic acids is 4. The number of rotatable bonds is 4. The van der Waals surface area contributed by atoms with Gasteiger partial charge in [-0.1, -0.05) is 48.5 Å². The molecular formula is C25H24N4O4. The zero-order chi connectivity index (χ0) is 23.8. The van der Waals surface area contributed by atoms with Crippen molar-refractivity contribution in [2.45, 2.75) is 26.3 Å². The third kappa shape index (κ3) is 4.15. The monoisotopic (exact) mass is 444 g/mol. The number of urea groups is 2. The summed E-state index contributed by atoms with van der Waals surface area (Å²) in [6.45, 7) is 4.89. The Labute approximate surface area is 191 Å². The average Bonchev–Trinajstić information content (AvgIpc) is 2.99. The molecule has 1 aliphatic heterocycles. The second-order valence-corrected chi connectivity index (χ2v) is 8.27. The minimum absolute atomic E-state index is 0.530. The fourth-order valence-corrected chi connectivity index (χ4v) is 3.98. The maximum Gasteiger partial charge on any atom is 0.325 e. The lowest BCUT2D eigenvalue weighted by atomic mass is 9.88. The second kappa shape index (κ2) is 8.38. The van der Waals surface area contributed by atoms with E-state index in [-0.39, 0.29) is 0 Å². The fraction of sp³-hybridized carbons (Fsp3) is 0.200. The topological polar surface area (TPSA) is 108 Å². The number of imide groups is 2. The van der Waals surface area contributed by atoms with E-state index in [9.17, 15) is 19.2 Å². The van der Waals surface area contributed by atoms with Crippen LogP contribution in [0.1, 0.15) is 23.6 Å². The Hall–Kier alpha value is -4.20. The molecule has 3 aromatic carbocycles. The van der Waals surface area contributed by atoms with Crippen LogP contribution in [-0.4, -0.2) is 35.3 Å². The van der Waals surface area contributed by atoms with Crippen molar-refractivity contribution in [3.8, 4) is 0 Å². The Morgan fingerprint density at radius 2 is 1.70 bits per heavy atom. The van der Waals surface area contributed by atoms with Gasteiger partial charge in [-0.25, -0.2) is 9.59 Å². The number of carbonyl (C=O) groups is 4. The highest BCUT2D eigenvalue weighted by atomic mass is 16.2. The lowest BCUT2D eigenvalue weighted by molar-refractivity contribution is -0.134. The van der Waals surface area contributed by atoms with Gasteiger partial charge in [-0.15, -0.1) is 0 Å². The molecule has 0 aromatic heterocycles. The van der Waals surface area contributed by atoms with E-state index in [0.29, 0.717) is 11.3 Å². The average molecular weight is 444 g/mol. The van der Waals surface area contributed by atoms with E-state index in [0.717, 1.165) is 26.8 Å². The van der Waals surface area contributed by atoms with E-state index >= 15 is 0 Å². The highest BCUT2D eigenvalue weighted by Gasteiger charge is 2.50. The molecule has 0 saturated carbocycles. The minimum atomic E-state index is -1.33. The molecule has 0 aliphatic carbocycles. The summed E-state index contributed by atoms with van der Waals surface area (Å²) in [4.78, 5) is 51.3. The van der Waals surface area contributed by atoms with Crippen LogP contribution in [0.2, 0.25) is 0 Å². The van der Waals surface area contributed by atoms with Gasteiger partial charge >= 0.3 is 12.1 Å². The van der Waals surface area contributed by atoms with Gasteiger partial charge in [0.15, 0.2) is 0 Å². The van der Waals surface area contributed by atoms with Crippen molar-refractivity contribution in [1.82, 2.24) is 15.5 Å². The minimum Gasteiger partial charge on any atom is -0.319 e. The molecule has 168 valence electrons. The summed E-state index contributed by atoms with van der Waals surface area (Å²) in [6, 6.07) is 17.0. The van der Waals surface area contributed by atoms with E-state index in [4.69, 9.17) is 0 Å². The summed E-state index contributed by atoms with van der Waals surface area (Å²) in [5.41, 5.74) is 1.90. The van der Waals surface area contributed by atoms with Crippen molar-refractivity contribution in [3.05, 3.63) is 77.4 Å². The number of hydrogen-bond donors (Lipinski definition) is 3. The third-order valence-corrected chi connectivity index (χ3v) is 5.92. The Kier molecular flexibility index (Phi) is 5.59. The molecule has 3 aromatic rings. The van der Waals surface area contributed by atoms with Crippen molar-refractivity contribution >= 4 is 40.3 Å². The number of benzene rings is 3.